The summed E-state index contributed by atoms with van der Waals surface area (Å²) in [5.41, 5.74) is 8.59. The molecular weight excluding hydrogens is 236 g/mol. The first-order valence-corrected chi connectivity index (χ1v) is 7.38. The maximum atomic E-state index is 12.3. The summed E-state index contributed by atoms with van der Waals surface area (Å²) in [5.74, 6) is 0.404. The number of carbonyl (C=O) groups excluding carboxylic acids is 1. The number of amides is 1. The molecule has 2 aliphatic rings. The van der Waals surface area contributed by atoms with Crippen LogP contribution in [0.25, 0.3) is 0 Å². The molecule has 1 fully saturated rings. The Kier molecular flexibility index (Phi) is 3.56. The third-order valence-electron chi connectivity index (χ3n) is 4.59. The topological polar surface area (TPSA) is 55.1 Å². The van der Waals surface area contributed by atoms with Crippen LogP contribution in [0, 0.1) is 5.92 Å². The molecule has 1 atom stereocenters. The molecule has 3 nitrogen and oxygen atoms in total. The molecule has 1 amide bonds. The summed E-state index contributed by atoms with van der Waals surface area (Å²) in [6.45, 7) is 0. The Balaban J connectivity index is 1.62. The van der Waals surface area contributed by atoms with Gasteiger partial charge < -0.3 is 11.1 Å². The molecule has 19 heavy (non-hydrogen) atoms. The molecule has 0 aromatic heterocycles. The van der Waals surface area contributed by atoms with Crippen LogP contribution in [0.3, 0.4) is 0 Å². The number of hydrogen-bond donors (Lipinski definition) is 2. The van der Waals surface area contributed by atoms with Crippen LogP contribution >= 0.6 is 0 Å². The van der Waals surface area contributed by atoms with Crippen molar-refractivity contribution in [2.45, 2.75) is 50.6 Å². The molecule has 3 rings (SSSR count). The van der Waals surface area contributed by atoms with E-state index in [1.54, 1.807) is 0 Å². The van der Waals surface area contributed by atoms with Crippen molar-refractivity contribution in [2.24, 2.45) is 11.7 Å². The van der Waals surface area contributed by atoms with Crippen LogP contribution in [-0.2, 0) is 11.2 Å². The standard InChI is InChI=1S/C16H22N2O/c17-13-8-5-12(6-9-13)16(19)18-15-10-7-11-3-1-2-4-14(11)15/h1-4,12-13,15H,5-10,17H2,(H,18,19). The summed E-state index contributed by atoms with van der Waals surface area (Å²) in [6.07, 6.45) is 5.98. The summed E-state index contributed by atoms with van der Waals surface area (Å²) < 4.78 is 0. The molecule has 1 aromatic rings. The van der Waals surface area contributed by atoms with E-state index in [0.29, 0.717) is 6.04 Å². The minimum Gasteiger partial charge on any atom is -0.349 e. The molecule has 0 spiro atoms. The molecule has 1 unspecified atom stereocenters. The molecule has 3 N–H and O–H groups in total. The molecule has 0 heterocycles. The van der Waals surface area contributed by atoms with E-state index in [9.17, 15) is 4.79 Å². The molecular formula is C16H22N2O. The minimum atomic E-state index is 0.174. The maximum Gasteiger partial charge on any atom is 0.223 e. The zero-order valence-corrected chi connectivity index (χ0v) is 11.3. The molecule has 0 aliphatic heterocycles. The normalized spacial score (nSPS) is 29.8. The van der Waals surface area contributed by atoms with Crippen LogP contribution in [0.15, 0.2) is 24.3 Å². The highest BCUT2D eigenvalue weighted by atomic mass is 16.1. The van der Waals surface area contributed by atoms with Crippen molar-refractivity contribution >= 4 is 5.91 Å². The van der Waals surface area contributed by atoms with Crippen molar-refractivity contribution in [2.75, 3.05) is 0 Å². The van der Waals surface area contributed by atoms with Gasteiger partial charge in [0.15, 0.2) is 0 Å². The van der Waals surface area contributed by atoms with E-state index in [4.69, 9.17) is 5.73 Å². The van der Waals surface area contributed by atoms with Crippen LogP contribution in [0.5, 0.6) is 0 Å². The lowest BCUT2D eigenvalue weighted by atomic mass is 9.85. The quantitative estimate of drug-likeness (QED) is 0.855. The lowest BCUT2D eigenvalue weighted by molar-refractivity contribution is -0.126. The first kappa shape index (κ1) is 12.7. The average molecular weight is 258 g/mol. The summed E-state index contributed by atoms with van der Waals surface area (Å²) in [7, 11) is 0. The van der Waals surface area contributed by atoms with Crippen molar-refractivity contribution in [3.05, 3.63) is 35.4 Å². The van der Waals surface area contributed by atoms with E-state index in [-0.39, 0.29) is 17.9 Å². The monoisotopic (exact) mass is 258 g/mol. The third-order valence-corrected chi connectivity index (χ3v) is 4.59. The molecule has 102 valence electrons. The summed E-state index contributed by atoms with van der Waals surface area (Å²) in [6, 6.07) is 8.97. The second kappa shape index (κ2) is 5.33. The summed E-state index contributed by atoms with van der Waals surface area (Å²) >= 11 is 0. The number of nitrogens with one attached hydrogen (secondary N) is 1. The Bertz CT molecular complexity index is 464. The van der Waals surface area contributed by atoms with E-state index >= 15 is 0 Å². The van der Waals surface area contributed by atoms with Gasteiger partial charge in [-0.2, -0.15) is 0 Å². The van der Waals surface area contributed by atoms with Crippen molar-refractivity contribution < 1.29 is 4.79 Å². The Hall–Kier alpha value is -1.35. The highest BCUT2D eigenvalue weighted by Gasteiger charge is 2.28. The fourth-order valence-electron chi connectivity index (χ4n) is 3.38. The number of benzene rings is 1. The van der Waals surface area contributed by atoms with E-state index in [2.05, 4.69) is 29.6 Å². The van der Waals surface area contributed by atoms with Gasteiger partial charge >= 0.3 is 0 Å². The number of carbonyl (C=O) groups is 1. The van der Waals surface area contributed by atoms with Crippen molar-refractivity contribution in [3.63, 3.8) is 0 Å². The van der Waals surface area contributed by atoms with Crippen molar-refractivity contribution in [1.82, 2.24) is 5.32 Å². The van der Waals surface area contributed by atoms with Gasteiger partial charge in [0.25, 0.3) is 0 Å². The molecule has 0 bridgehead atoms. The lowest BCUT2D eigenvalue weighted by Gasteiger charge is -2.26. The Morgan fingerprint density at radius 1 is 1.11 bits per heavy atom. The predicted molar refractivity (Wildman–Crippen MR) is 75.6 cm³/mol. The number of nitrogens with two attached hydrogens (primary N) is 1. The Morgan fingerprint density at radius 3 is 2.63 bits per heavy atom. The smallest absolute Gasteiger partial charge is 0.223 e. The Morgan fingerprint density at radius 2 is 1.84 bits per heavy atom. The van der Waals surface area contributed by atoms with E-state index in [1.165, 1.54) is 11.1 Å². The van der Waals surface area contributed by atoms with Crippen LogP contribution in [0.4, 0.5) is 0 Å². The van der Waals surface area contributed by atoms with Crippen molar-refractivity contribution in [1.29, 1.82) is 0 Å². The van der Waals surface area contributed by atoms with E-state index < -0.39 is 0 Å². The van der Waals surface area contributed by atoms with Crippen LogP contribution < -0.4 is 11.1 Å². The van der Waals surface area contributed by atoms with Gasteiger partial charge in [-0.25, -0.2) is 0 Å². The highest BCUT2D eigenvalue weighted by molar-refractivity contribution is 5.79. The molecule has 2 aliphatic carbocycles. The van der Waals surface area contributed by atoms with Gasteiger partial charge in [0.2, 0.25) is 5.91 Å². The number of fused-ring (bicyclic) bond motifs is 1. The van der Waals surface area contributed by atoms with E-state index in [1.807, 2.05) is 0 Å². The molecule has 0 saturated heterocycles. The number of hydrogen-bond acceptors (Lipinski definition) is 2. The zero-order chi connectivity index (χ0) is 13.2. The third kappa shape index (κ3) is 2.66. The molecule has 3 heteroatoms. The maximum absolute atomic E-state index is 12.3. The second-order valence-electron chi connectivity index (χ2n) is 5.91. The molecule has 1 saturated carbocycles. The van der Waals surface area contributed by atoms with Gasteiger partial charge in [-0.3, -0.25) is 4.79 Å². The van der Waals surface area contributed by atoms with Crippen LogP contribution in [0.2, 0.25) is 0 Å². The van der Waals surface area contributed by atoms with Crippen LogP contribution in [-0.4, -0.2) is 11.9 Å². The minimum absolute atomic E-state index is 0.174. The van der Waals surface area contributed by atoms with Gasteiger partial charge in [0.05, 0.1) is 6.04 Å². The fraction of sp³-hybridized carbons (Fsp3) is 0.562. The first-order valence-electron chi connectivity index (χ1n) is 7.38. The van der Waals surface area contributed by atoms with Gasteiger partial charge in [0, 0.05) is 12.0 Å². The van der Waals surface area contributed by atoms with Gasteiger partial charge in [-0.05, 0) is 49.7 Å². The second-order valence-corrected chi connectivity index (χ2v) is 5.91. The largest absolute Gasteiger partial charge is 0.349 e. The SMILES string of the molecule is NC1CCC(C(=O)NC2CCc3ccccc32)CC1. The Labute approximate surface area is 114 Å². The fourth-order valence-corrected chi connectivity index (χ4v) is 3.38. The van der Waals surface area contributed by atoms with Crippen molar-refractivity contribution in [3.8, 4) is 0 Å². The molecule has 1 aromatic carbocycles. The number of aryl methyl sites for hydroxylation is 1. The molecule has 0 radical (unpaired) electrons. The first-order chi connectivity index (χ1) is 9.24. The average Bonchev–Trinajstić information content (AvgIpc) is 2.83. The summed E-state index contributed by atoms with van der Waals surface area (Å²) in [5, 5.41) is 3.24. The highest BCUT2D eigenvalue weighted by Crippen LogP contribution is 2.32. The zero-order valence-electron chi connectivity index (χ0n) is 11.3. The van der Waals surface area contributed by atoms with Gasteiger partial charge in [-0.15, -0.1) is 0 Å². The van der Waals surface area contributed by atoms with E-state index in [0.717, 1.165) is 38.5 Å². The van der Waals surface area contributed by atoms with Crippen LogP contribution in [0.1, 0.15) is 49.3 Å². The predicted octanol–water partition coefficient (Wildman–Crippen LogP) is 2.31. The number of rotatable bonds is 2. The van der Waals surface area contributed by atoms with Gasteiger partial charge in [-0.1, -0.05) is 24.3 Å². The van der Waals surface area contributed by atoms with Gasteiger partial charge in [0.1, 0.15) is 0 Å². The lowest BCUT2D eigenvalue weighted by Crippen LogP contribution is -2.37. The summed E-state index contributed by atoms with van der Waals surface area (Å²) in [4.78, 5) is 12.3.